The summed E-state index contributed by atoms with van der Waals surface area (Å²) in [7, 11) is 0. The molecule has 0 saturated heterocycles. The fourth-order valence-electron chi connectivity index (χ4n) is 2.16. The molecule has 4 nitrogen and oxygen atoms in total. The first kappa shape index (κ1) is 11.4. The summed E-state index contributed by atoms with van der Waals surface area (Å²) in [5, 5.41) is 19.7. The van der Waals surface area contributed by atoms with E-state index in [1.807, 2.05) is 23.6 Å². The smallest absolute Gasteiger partial charge is 0.340 e. The third-order valence-corrected chi connectivity index (χ3v) is 2.98. The number of carboxylic acids is 1. The Balaban J connectivity index is 3.01. The molecule has 0 saturated carbocycles. The van der Waals surface area contributed by atoms with Crippen LogP contribution in [-0.4, -0.2) is 16.2 Å². The Morgan fingerprint density at radius 3 is 2.59 bits per heavy atom. The van der Waals surface area contributed by atoms with E-state index in [4.69, 9.17) is 0 Å². The molecule has 0 unspecified atom stereocenters. The number of rotatable bonds is 2. The van der Waals surface area contributed by atoms with Gasteiger partial charge < -0.3 is 10.2 Å². The first-order valence-electron chi connectivity index (χ1n) is 5.45. The van der Waals surface area contributed by atoms with Gasteiger partial charge in [0.2, 0.25) is 11.2 Å². The molecule has 0 amide bonds. The number of pyridine rings is 1. The number of hydrogen-bond donors (Lipinski definition) is 2. The van der Waals surface area contributed by atoms with Crippen molar-refractivity contribution in [1.29, 1.82) is 0 Å². The van der Waals surface area contributed by atoms with Gasteiger partial charge in [0.25, 0.3) is 0 Å². The van der Waals surface area contributed by atoms with Gasteiger partial charge in [-0.1, -0.05) is 12.1 Å². The van der Waals surface area contributed by atoms with Gasteiger partial charge in [-0.05, 0) is 13.0 Å². The summed E-state index contributed by atoms with van der Waals surface area (Å²) in [4.78, 5) is 11.2. The highest BCUT2D eigenvalue weighted by molar-refractivity contribution is 6.04. The molecule has 0 aliphatic carbocycles. The zero-order valence-electron chi connectivity index (χ0n) is 9.77. The molecule has 88 valence electrons. The van der Waals surface area contributed by atoms with Crippen LogP contribution in [-0.2, 0) is 6.54 Å². The minimum atomic E-state index is -1.11. The van der Waals surface area contributed by atoms with Crippen molar-refractivity contribution in [2.24, 2.45) is 0 Å². The molecule has 0 fully saturated rings. The van der Waals surface area contributed by atoms with Crippen LogP contribution in [0.3, 0.4) is 0 Å². The molecule has 0 aliphatic heterocycles. The van der Waals surface area contributed by atoms with Crippen LogP contribution in [0.4, 0.5) is 0 Å². The molecule has 4 heteroatoms. The summed E-state index contributed by atoms with van der Waals surface area (Å²) < 4.78 is 1.90. The lowest BCUT2D eigenvalue weighted by Gasteiger charge is -2.08. The molecule has 1 heterocycles. The normalized spacial score (nSPS) is 10.7. The maximum Gasteiger partial charge on any atom is 0.340 e. The number of para-hydroxylation sites is 1. The first-order chi connectivity index (χ1) is 8.07. The molecule has 1 aromatic heterocycles. The highest BCUT2D eigenvalue weighted by Crippen LogP contribution is 2.27. The standard InChI is InChI=1S/C13H13NO3/c1-3-14-8(2)12(15)11(13(16)17)9-6-4-5-7-10(9)14/h4-7H,3H2,1-2H3,(H-,15,16,17)/p+1. The summed E-state index contributed by atoms with van der Waals surface area (Å²) in [6.07, 6.45) is 0. The van der Waals surface area contributed by atoms with Gasteiger partial charge in [-0.15, -0.1) is 0 Å². The third-order valence-electron chi connectivity index (χ3n) is 2.98. The van der Waals surface area contributed by atoms with E-state index in [1.54, 1.807) is 19.1 Å². The Labute approximate surface area is 98.8 Å². The Morgan fingerprint density at radius 1 is 1.35 bits per heavy atom. The van der Waals surface area contributed by atoms with Crippen LogP contribution in [0.25, 0.3) is 10.9 Å². The van der Waals surface area contributed by atoms with Crippen LogP contribution in [0.2, 0.25) is 0 Å². The van der Waals surface area contributed by atoms with Crippen molar-refractivity contribution in [2.45, 2.75) is 20.4 Å². The average molecular weight is 232 g/mol. The minimum absolute atomic E-state index is 0.0252. The first-order valence-corrected chi connectivity index (χ1v) is 5.45. The van der Waals surface area contributed by atoms with Crippen molar-refractivity contribution >= 4 is 16.9 Å². The Hall–Kier alpha value is -2.10. The minimum Gasteiger partial charge on any atom is -0.502 e. The maximum absolute atomic E-state index is 11.2. The number of fused-ring (bicyclic) bond motifs is 1. The molecule has 2 rings (SSSR count). The van der Waals surface area contributed by atoms with E-state index in [9.17, 15) is 15.0 Å². The molecule has 0 bridgehead atoms. The SMILES string of the molecule is CC[n+]1c(C)c(O)c(C(=O)O)c2ccccc21. The molecule has 1 aromatic carbocycles. The number of aromatic nitrogens is 1. The average Bonchev–Trinajstić information content (AvgIpc) is 2.30. The Bertz CT molecular complexity index is 605. The number of carbonyl (C=O) groups is 1. The van der Waals surface area contributed by atoms with Crippen LogP contribution in [0, 0.1) is 6.92 Å². The van der Waals surface area contributed by atoms with E-state index in [-0.39, 0.29) is 11.3 Å². The van der Waals surface area contributed by atoms with Gasteiger partial charge in [0, 0.05) is 13.0 Å². The van der Waals surface area contributed by atoms with E-state index in [0.29, 0.717) is 17.6 Å². The topological polar surface area (TPSA) is 61.4 Å². The molecular formula is C13H14NO3+. The van der Waals surface area contributed by atoms with Crippen LogP contribution in [0.5, 0.6) is 5.75 Å². The third kappa shape index (κ3) is 1.62. The number of benzene rings is 1. The number of aromatic carboxylic acids is 1. The van der Waals surface area contributed by atoms with Gasteiger partial charge in [0.1, 0.15) is 12.1 Å². The van der Waals surface area contributed by atoms with Crippen molar-refractivity contribution in [3.8, 4) is 5.75 Å². The van der Waals surface area contributed by atoms with E-state index in [2.05, 4.69) is 0 Å². The molecule has 17 heavy (non-hydrogen) atoms. The lowest BCUT2D eigenvalue weighted by Crippen LogP contribution is -2.37. The predicted molar refractivity (Wildman–Crippen MR) is 63.2 cm³/mol. The van der Waals surface area contributed by atoms with Gasteiger partial charge in [0.05, 0.1) is 5.39 Å². The second-order valence-electron chi connectivity index (χ2n) is 3.88. The van der Waals surface area contributed by atoms with Crippen LogP contribution < -0.4 is 4.57 Å². The highest BCUT2D eigenvalue weighted by Gasteiger charge is 2.25. The summed E-state index contributed by atoms with van der Waals surface area (Å²) in [5.74, 6) is -1.26. The predicted octanol–water partition coefficient (Wildman–Crippen LogP) is 1.86. The van der Waals surface area contributed by atoms with Crippen molar-refractivity contribution < 1.29 is 19.6 Å². The molecule has 2 aromatic rings. The van der Waals surface area contributed by atoms with Crippen LogP contribution in [0.1, 0.15) is 23.0 Å². The summed E-state index contributed by atoms with van der Waals surface area (Å²) in [5.41, 5.74) is 1.37. The Kier molecular flexibility index (Phi) is 2.71. The van der Waals surface area contributed by atoms with Gasteiger partial charge in [-0.3, -0.25) is 0 Å². The van der Waals surface area contributed by atoms with Gasteiger partial charge in [-0.2, -0.15) is 4.57 Å². The van der Waals surface area contributed by atoms with Gasteiger partial charge >= 0.3 is 5.97 Å². The number of hydrogen-bond acceptors (Lipinski definition) is 2. The molecule has 0 aliphatic rings. The van der Waals surface area contributed by atoms with Crippen molar-refractivity contribution in [1.82, 2.24) is 0 Å². The number of nitrogens with zero attached hydrogens (tertiary/aromatic N) is 1. The zero-order valence-corrected chi connectivity index (χ0v) is 9.77. The van der Waals surface area contributed by atoms with E-state index in [0.717, 1.165) is 5.52 Å². The molecule has 2 N–H and O–H groups in total. The second kappa shape index (κ2) is 4.05. The fraction of sp³-hybridized carbons (Fsp3) is 0.231. The van der Waals surface area contributed by atoms with Crippen LogP contribution >= 0.6 is 0 Å². The second-order valence-corrected chi connectivity index (χ2v) is 3.88. The summed E-state index contributed by atoms with van der Waals surface area (Å²) in [6, 6.07) is 7.20. The van der Waals surface area contributed by atoms with E-state index >= 15 is 0 Å². The molecular weight excluding hydrogens is 218 g/mol. The zero-order chi connectivity index (χ0) is 12.6. The van der Waals surface area contributed by atoms with Crippen LogP contribution in [0.15, 0.2) is 24.3 Å². The Morgan fingerprint density at radius 2 is 2.00 bits per heavy atom. The summed E-state index contributed by atoms with van der Waals surface area (Å²) >= 11 is 0. The highest BCUT2D eigenvalue weighted by atomic mass is 16.4. The maximum atomic E-state index is 11.2. The fourth-order valence-corrected chi connectivity index (χ4v) is 2.16. The van der Waals surface area contributed by atoms with Gasteiger partial charge in [0.15, 0.2) is 5.75 Å². The molecule has 0 radical (unpaired) electrons. The molecule has 0 atom stereocenters. The van der Waals surface area contributed by atoms with Crippen molar-refractivity contribution in [2.75, 3.05) is 0 Å². The lowest BCUT2D eigenvalue weighted by molar-refractivity contribution is -0.674. The molecule has 0 spiro atoms. The van der Waals surface area contributed by atoms with E-state index < -0.39 is 5.97 Å². The number of aryl methyl sites for hydroxylation is 1. The van der Waals surface area contributed by atoms with Gasteiger partial charge in [-0.25, -0.2) is 4.79 Å². The summed E-state index contributed by atoms with van der Waals surface area (Å²) in [6.45, 7) is 4.36. The quantitative estimate of drug-likeness (QED) is 0.777. The van der Waals surface area contributed by atoms with Crippen molar-refractivity contribution in [3.63, 3.8) is 0 Å². The van der Waals surface area contributed by atoms with E-state index in [1.165, 1.54) is 0 Å². The monoisotopic (exact) mass is 232 g/mol. The lowest BCUT2D eigenvalue weighted by atomic mass is 10.1. The number of carboxylic acid groups (broad SMARTS) is 1. The number of aromatic hydroxyl groups is 1. The largest absolute Gasteiger partial charge is 0.502 e. The van der Waals surface area contributed by atoms with Crippen molar-refractivity contribution in [3.05, 3.63) is 35.5 Å².